The van der Waals surface area contributed by atoms with Gasteiger partial charge in [0.05, 0.1) is 11.7 Å². The third-order valence-corrected chi connectivity index (χ3v) is 6.57. The van der Waals surface area contributed by atoms with Gasteiger partial charge in [0.2, 0.25) is 11.8 Å². The molecule has 3 saturated heterocycles. The van der Waals surface area contributed by atoms with E-state index in [1.165, 1.54) is 11.3 Å². The van der Waals surface area contributed by atoms with Crippen LogP contribution in [0.3, 0.4) is 0 Å². The van der Waals surface area contributed by atoms with Gasteiger partial charge in [0.1, 0.15) is 0 Å². The van der Waals surface area contributed by atoms with Crippen molar-refractivity contribution in [2.45, 2.75) is 50.2 Å². The minimum atomic E-state index is -0.246. The summed E-state index contributed by atoms with van der Waals surface area (Å²) in [6, 6.07) is 1.44. The standard InChI is InChI=1S/C19H27N5O3S/c25-17(23-6-1-2-7-23)4-3-15-10-20-18(26)16-9-14(11-24(15)16)22-19(27)21-13-5-8-28-12-13/h5,8,12,14-16H,1-4,6-7,9-11H2,(H,20,26)(H2,21,22,27)/t14-,15-,16+/m1/s1. The second kappa shape index (κ2) is 8.48. The Kier molecular flexibility index (Phi) is 5.82. The number of urea groups is 1. The van der Waals surface area contributed by atoms with Crippen LogP contribution in [0.4, 0.5) is 10.5 Å². The fourth-order valence-electron chi connectivity index (χ4n) is 4.45. The van der Waals surface area contributed by atoms with Gasteiger partial charge >= 0.3 is 6.03 Å². The van der Waals surface area contributed by atoms with Crippen LogP contribution in [0, 0.1) is 0 Å². The van der Waals surface area contributed by atoms with E-state index in [1.54, 1.807) is 0 Å². The van der Waals surface area contributed by atoms with E-state index >= 15 is 0 Å². The number of thiophene rings is 1. The number of fused-ring (bicyclic) bond motifs is 1. The number of carbonyl (C=O) groups excluding carboxylic acids is 3. The molecule has 1 aromatic heterocycles. The molecule has 3 N–H and O–H groups in total. The molecule has 0 bridgehead atoms. The summed E-state index contributed by atoms with van der Waals surface area (Å²) in [4.78, 5) is 41.0. The lowest BCUT2D eigenvalue weighted by Gasteiger charge is -2.37. The molecule has 4 heterocycles. The quantitative estimate of drug-likeness (QED) is 0.687. The Bertz CT molecular complexity index is 719. The monoisotopic (exact) mass is 405 g/mol. The van der Waals surface area contributed by atoms with E-state index in [4.69, 9.17) is 0 Å². The highest BCUT2D eigenvalue weighted by atomic mass is 32.1. The van der Waals surface area contributed by atoms with Gasteiger partial charge in [-0.15, -0.1) is 0 Å². The van der Waals surface area contributed by atoms with Crippen molar-refractivity contribution in [1.29, 1.82) is 0 Å². The Morgan fingerprint density at radius 2 is 2.11 bits per heavy atom. The van der Waals surface area contributed by atoms with Gasteiger partial charge < -0.3 is 20.9 Å². The lowest BCUT2D eigenvalue weighted by atomic mass is 10.0. The first kappa shape index (κ1) is 19.2. The molecule has 3 atom stereocenters. The molecule has 0 aliphatic carbocycles. The zero-order chi connectivity index (χ0) is 19.5. The van der Waals surface area contributed by atoms with Gasteiger partial charge in [-0.2, -0.15) is 11.3 Å². The highest BCUT2D eigenvalue weighted by molar-refractivity contribution is 7.08. The maximum atomic E-state index is 12.4. The van der Waals surface area contributed by atoms with Crippen molar-refractivity contribution in [3.8, 4) is 0 Å². The SMILES string of the molecule is O=C(Nc1ccsc1)N[C@@H]1C[C@H]2C(=O)NC[C@@H](CCC(=O)N3CCCC3)N2C1. The van der Waals surface area contributed by atoms with Crippen molar-refractivity contribution in [3.05, 3.63) is 16.8 Å². The highest BCUT2D eigenvalue weighted by Gasteiger charge is 2.43. The highest BCUT2D eigenvalue weighted by Crippen LogP contribution is 2.26. The number of hydrogen-bond donors (Lipinski definition) is 3. The maximum Gasteiger partial charge on any atom is 0.319 e. The first-order chi connectivity index (χ1) is 13.6. The van der Waals surface area contributed by atoms with E-state index in [-0.39, 0.29) is 36.0 Å². The second-order valence-corrected chi connectivity index (χ2v) is 8.56. The van der Waals surface area contributed by atoms with Crippen molar-refractivity contribution in [2.24, 2.45) is 0 Å². The molecule has 4 rings (SSSR count). The Balaban J connectivity index is 1.30. The van der Waals surface area contributed by atoms with Crippen molar-refractivity contribution in [3.63, 3.8) is 0 Å². The van der Waals surface area contributed by atoms with Gasteiger partial charge in [-0.05, 0) is 37.1 Å². The van der Waals surface area contributed by atoms with Gasteiger partial charge in [0.25, 0.3) is 0 Å². The summed E-state index contributed by atoms with van der Waals surface area (Å²) in [6.45, 7) is 2.95. The average Bonchev–Trinajstić information content (AvgIpc) is 3.42. The fourth-order valence-corrected chi connectivity index (χ4v) is 5.04. The van der Waals surface area contributed by atoms with Gasteiger partial charge in [-0.3, -0.25) is 14.5 Å². The van der Waals surface area contributed by atoms with Crippen molar-refractivity contribution in [2.75, 3.05) is 31.5 Å². The fraction of sp³-hybridized carbons (Fsp3) is 0.632. The van der Waals surface area contributed by atoms with Gasteiger partial charge in [0, 0.05) is 50.1 Å². The molecular formula is C19H27N5O3S. The number of hydrogen-bond acceptors (Lipinski definition) is 5. The number of likely N-dealkylation sites (tertiary alicyclic amines) is 1. The first-order valence-corrected chi connectivity index (χ1v) is 11.0. The zero-order valence-electron chi connectivity index (χ0n) is 15.9. The Hall–Kier alpha value is -2.13. The smallest absolute Gasteiger partial charge is 0.319 e. The van der Waals surface area contributed by atoms with Crippen LogP contribution in [-0.2, 0) is 9.59 Å². The number of piperazine rings is 1. The summed E-state index contributed by atoms with van der Waals surface area (Å²) in [5, 5.41) is 12.6. The van der Waals surface area contributed by atoms with Crippen LogP contribution in [0.2, 0.25) is 0 Å². The van der Waals surface area contributed by atoms with E-state index in [0.29, 0.717) is 25.9 Å². The minimum absolute atomic E-state index is 0.0182. The van der Waals surface area contributed by atoms with Crippen LogP contribution >= 0.6 is 11.3 Å². The van der Waals surface area contributed by atoms with Crippen LogP contribution in [0.15, 0.2) is 16.8 Å². The number of nitrogens with zero attached hydrogens (tertiary/aromatic N) is 2. The van der Waals surface area contributed by atoms with Gasteiger partial charge in [-0.1, -0.05) is 0 Å². The molecule has 3 fully saturated rings. The molecule has 4 amide bonds. The largest absolute Gasteiger partial charge is 0.353 e. The summed E-state index contributed by atoms with van der Waals surface area (Å²) >= 11 is 1.52. The van der Waals surface area contributed by atoms with Crippen molar-refractivity contribution in [1.82, 2.24) is 20.4 Å². The predicted octanol–water partition coefficient (Wildman–Crippen LogP) is 1.21. The zero-order valence-corrected chi connectivity index (χ0v) is 16.7. The Morgan fingerprint density at radius 3 is 2.86 bits per heavy atom. The Morgan fingerprint density at radius 1 is 1.29 bits per heavy atom. The third kappa shape index (κ3) is 4.30. The molecule has 1 aromatic rings. The molecule has 0 aromatic carbocycles. The van der Waals surface area contributed by atoms with E-state index < -0.39 is 0 Å². The van der Waals surface area contributed by atoms with Crippen molar-refractivity contribution < 1.29 is 14.4 Å². The topological polar surface area (TPSA) is 93.8 Å². The maximum absolute atomic E-state index is 12.4. The van der Waals surface area contributed by atoms with E-state index in [1.807, 2.05) is 21.7 Å². The summed E-state index contributed by atoms with van der Waals surface area (Å²) in [7, 11) is 0. The molecule has 3 aliphatic rings. The predicted molar refractivity (Wildman–Crippen MR) is 107 cm³/mol. The first-order valence-electron chi connectivity index (χ1n) is 10.0. The normalized spacial score (nSPS) is 27.4. The average molecular weight is 406 g/mol. The molecule has 0 saturated carbocycles. The number of rotatable bonds is 5. The molecule has 0 spiro atoms. The lowest BCUT2D eigenvalue weighted by molar-refractivity contribution is -0.131. The van der Waals surface area contributed by atoms with Crippen molar-refractivity contribution >= 4 is 34.9 Å². The molecule has 0 radical (unpaired) electrons. The number of anilines is 1. The molecule has 152 valence electrons. The van der Waals surface area contributed by atoms with Gasteiger partial charge in [-0.25, -0.2) is 4.79 Å². The Labute approximate surface area is 168 Å². The van der Waals surface area contributed by atoms with E-state index in [0.717, 1.165) is 38.0 Å². The third-order valence-electron chi connectivity index (χ3n) is 5.89. The van der Waals surface area contributed by atoms with Crippen LogP contribution in [0.1, 0.15) is 32.1 Å². The molecule has 3 aliphatic heterocycles. The van der Waals surface area contributed by atoms with Crippen LogP contribution in [0.25, 0.3) is 0 Å². The summed E-state index contributed by atoms with van der Waals surface area (Å²) < 4.78 is 0. The van der Waals surface area contributed by atoms with E-state index in [9.17, 15) is 14.4 Å². The molecule has 8 nitrogen and oxygen atoms in total. The number of carbonyl (C=O) groups is 3. The van der Waals surface area contributed by atoms with Crippen LogP contribution < -0.4 is 16.0 Å². The van der Waals surface area contributed by atoms with E-state index in [2.05, 4.69) is 20.9 Å². The summed E-state index contributed by atoms with van der Waals surface area (Å²) in [5.74, 6) is 0.236. The summed E-state index contributed by atoms with van der Waals surface area (Å²) in [6.07, 6.45) is 4.04. The number of nitrogens with one attached hydrogen (secondary N) is 3. The molecule has 28 heavy (non-hydrogen) atoms. The van der Waals surface area contributed by atoms with Crippen LogP contribution in [-0.4, -0.2) is 71.9 Å². The summed E-state index contributed by atoms with van der Waals surface area (Å²) in [5.41, 5.74) is 0.772. The molecular weight excluding hydrogens is 378 g/mol. The lowest BCUT2D eigenvalue weighted by Crippen LogP contribution is -2.58. The molecule has 9 heteroatoms. The molecule has 0 unspecified atom stereocenters. The second-order valence-electron chi connectivity index (χ2n) is 7.78. The number of amides is 4. The van der Waals surface area contributed by atoms with Gasteiger partial charge in [0.15, 0.2) is 0 Å². The minimum Gasteiger partial charge on any atom is -0.353 e. The van der Waals surface area contributed by atoms with Crippen LogP contribution in [0.5, 0.6) is 0 Å².